The van der Waals surface area contributed by atoms with Gasteiger partial charge in [-0.15, -0.1) is 0 Å². The van der Waals surface area contributed by atoms with Crippen LogP contribution in [0.25, 0.3) is 0 Å². The number of nitrogens with one attached hydrogen (secondary N) is 1. The zero-order valence-corrected chi connectivity index (χ0v) is 15.2. The lowest BCUT2D eigenvalue weighted by Gasteiger charge is -2.35. The highest BCUT2D eigenvalue weighted by Crippen LogP contribution is 2.23. The number of benzene rings is 1. The molecule has 0 aliphatic carbocycles. The highest BCUT2D eigenvalue weighted by molar-refractivity contribution is 7.87. The van der Waals surface area contributed by atoms with Crippen molar-refractivity contribution in [2.75, 3.05) is 13.1 Å². The molecule has 1 aromatic heterocycles. The number of hydrogen-bond donors (Lipinski definition) is 1. The summed E-state index contributed by atoms with van der Waals surface area (Å²) in [5.74, 6) is 0. The number of nitrogens with zero attached hydrogens (tertiary/aromatic N) is 2. The summed E-state index contributed by atoms with van der Waals surface area (Å²) in [6.45, 7) is 4.43. The lowest BCUT2D eigenvalue weighted by Crippen LogP contribution is -2.52. The number of ether oxygens (including phenoxy) is 1. The molecule has 3 rings (SSSR count). The molecule has 0 unspecified atom stereocenters. The van der Waals surface area contributed by atoms with Crippen molar-refractivity contribution in [2.24, 2.45) is 0 Å². The van der Waals surface area contributed by atoms with Crippen LogP contribution in [0.3, 0.4) is 0 Å². The highest BCUT2D eigenvalue weighted by atomic mass is 32.2. The first-order valence-electron chi connectivity index (χ1n) is 8.34. The van der Waals surface area contributed by atoms with Crippen molar-refractivity contribution in [2.45, 2.75) is 32.1 Å². The van der Waals surface area contributed by atoms with Gasteiger partial charge in [0.05, 0.1) is 23.9 Å². The molecular formula is C18H23N3O3S. The Balaban J connectivity index is 1.90. The van der Waals surface area contributed by atoms with Crippen molar-refractivity contribution in [3.63, 3.8) is 0 Å². The van der Waals surface area contributed by atoms with Crippen LogP contribution >= 0.6 is 0 Å². The summed E-state index contributed by atoms with van der Waals surface area (Å²) in [5.41, 5.74) is 1.51. The van der Waals surface area contributed by atoms with Gasteiger partial charge in [0, 0.05) is 19.3 Å². The largest absolute Gasteiger partial charge is 0.373 e. The van der Waals surface area contributed by atoms with Crippen molar-refractivity contribution < 1.29 is 13.2 Å². The summed E-state index contributed by atoms with van der Waals surface area (Å²) >= 11 is 0. The number of rotatable bonds is 5. The van der Waals surface area contributed by atoms with Gasteiger partial charge < -0.3 is 4.74 Å². The van der Waals surface area contributed by atoms with Crippen molar-refractivity contribution >= 4 is 10.2 Å². The van der Waals surface area contributed by atoms with Gasteiger partial charge in [-0.1, -0.05) is 36.4 Å². The first kappa shape index (κ1) is 18.0. The minimum Gasteiger partial charge on any atom is -0.373 e. The van der Waals surface area contributed by atoms with Gasteiger partial charge in [-0.2, -0.15) is 17.4 Å². The number of hydrogen-bond acceptors (Lipinski definition) is 4. The van der Waals surface area contributed by atoms with E-state index < -0.39 is 16.3 Å². The van der Waals surface area contributed by atoms with E-state index in [0.717, 1.165) is 5.56 Å². The second-order valence-electron chi connectivity index (χ2n) is 6.30. The van der Waals surface area contributed by atoms with E-state index in [9.17, 15) is 8.42 Å². The summed E-state index contributed by atoms with van der Waals surface area (Å²) in [6.07, 6.45) is 1.40. The molecule has 0 spiro atoms. The first-order valence-corrected chi connectivity index (χ1v) is 9.78. The van der Waals surface area contributed by atoms with Crippen LogP contribution in [-0.4, -0.2) is 43.0 Å². The van der Waals surface area contributed by atoms with Crippen LogP contribution in [0, 0.1) is 0 Å². The predicted octanol–water partition coefficient (Wildman–Crippen LogP) is 2.11. The number of pyridine rings is 1. The second kappa shape index (κ2) is 7.61. The minimum atomic E-state index is -3.68. The monoisotopic (exact) mass is 361 g/mol. The molecule has 134 valence electrons. The van der Waals surface area contributed by atoms with Gasteiger partial charge in [0.25, 0.3) is 10.2 Å². The van der Waals surface area contributed by atoms with E-state index in [4.69, 9.17) is 4.74 Å². The van der Waals surface area contributed by atoms with E-state index in [2.05, 4.69) is 9.71 Å². The highest BCUT2D eigenvalue weighted by Gasteiger charge is 2.33. The second-order valence-corrected chi connectivity index (χ2v) is 8.00. The van der Waals surface area contributed by atoms with Crippen LogP contribution in [0.15, 0.2) is 54.7 Å². The fraction of sp³-hybridized carbons (Fsp3) is 0.389. The van der Waals surface area contributed by atoms with Gasteiger partial charge >= 0.3 is 0 Å². The maximum absolute atomic E-state index is 13.0. The van der Waals surface area contributed by atoms with Crippen LogP contribution in [0.4, 0.5) is 0 Å². The molecule has 1 aliphatic rings. The lowest BCUT2D eigenvalue weighted by atomic mass is 10.0. The van der Waals surface area contributed by atoms with Crippen LogP contribution in [-0.2, 0) is 14.9 Å². The zero-order chi connectivity index (χ0) is 17.9. The van der Waals surface area contributed by atoms with Crippen LogP contribution in [0.5, 0.6) is 0 Å². The van der Waals surface area contributed by atoms with Crippen molar-refractivity contribution in [3.8, 4) is 0 Å². The Morgan fingerprint density at radius 2 is 1.72 bits per heavy atom. The van der Waals surface area contributed by atoms with Crippen molar-refractivity contribution in [1.29, 1.82) is 0 Å². The Bertz CT molecular complexity index is 734. The molecule has 1 N–H and O–H groups in total. The Morgan fingerprint density at radius 3 is 2.32 bits per heavy atom. The molecule has 1 saturated heterocycles. The SMILES string of the molecule is C[C@@H]1CN(S(=O)(=O)N[C@H](c2ccccc2)c2ccccn2)C[C@@H](C)O1. The fourth-order valence-electron chi connectivity index (χ4n) is 3.04. The third kappa shape index (κ3) is 4.43. The van der Waals surface area contributed by atoms with E-state index >= 15 is 0 Å². The summed E-state index contributed by atoms with van der Waals surface area (Å²) in [6, 6.07) is 14.4. The average molecular weight is 361 g/mol. The summed E-state index contributed by atoms with van der Waals surface area (Å²) < 4.78 is 35.8. The molecule has 1 aromatic carbocycles. The lowest BCUT2D eigenvalue weighted by molar-refractivity contribution is -0.0444. The van der Waals surface area contributed by atoms with Gasteiger partial charge in [0.2, 0.25) is 0 Å². The quantitative estimate of drug-likeness (QED) is 0.885. The van der Waals surface area contributed by atoms with Crippen LogP contribution < -0.4 is 4.72 Å². The molecule has 0 bridgehead atoms. The summed E-state index contributed by atoms with van der Waals surface area (Å²) in [7, 11) is -3.68. The molecule has 3 atom stereocenters. The van der Waals surface area contributed by atoms with E-state index in [1.807, 2.05) is 62.4 Å². The third-order valence-electron chi connectivity index (χ3n) is 4.11. The molecule has 0 radical (unpaired) electrons. The average Bonchev–Trinajstić information content (AvgIpc) is 2.60. The number of morpholine rings is 1. The van der Waals surface area contributed by atoms with E-state index in [1.165, 1.54) is 4.31 Å². The Hall–Kier alpha value is -1.80. The normalized spacial score (nSPS) is 23.3. The summed E-state index contributed by atoms with van der Waals surface area (Å²) in [5, 5.41) is 0. The van der Waals surface area contributed by atoms with Gasteiger partial charge in [-0.05, 0) is 31.5 Å². The molecule has 1 aliphatic heterocycles. The van der Waals surface area contributed by atoms with Crippen molar-refractivity contribution in [3.05, 3.63) is 66.0 Å². The maximum Gasteiger partial charge on any atom is 0.280 e. The molecule has 1 fully saturated rings. The molecule has 7 heteroatoms. The smallest absolute Gasteiger partial charge is 0.280 e. The van der Waals surface area contributed by atoms with E-state index in [1.54, 1.807) is 6.20 Å². The Labute approximate surface area is 149 Å². The van der Waals surface area contributed by atoms with Crippen LogP contribution in [0.2, 0.25) is 0 Å². The van der Waals surface area contributed by atoms with E-state index in [0.29, 0.717) is 18.8 Å². The van der Waals surface area contributed by atoms with Crippen molar-refractivity contribution in [1.82, 2.24) is 14.0 Å². The minimum absolute atomic E-state index is 0.134. The fourth-order valence-corrected chi connectivity index (χ4v) is 4.56. The molecule has 2 heterocycles. The van der Waals surface area contributed by atoms with Gasteiger partial charge in [0.15, 0.2) is 0 Å². The molecular weight excluding hydrogens is 338 g/mol. The Morgan fingerprint density at radius 1 is 1.08 bits per heavy atom. The molecule has 25 heavy (non-hydrogen) atoms. The molecule has 0 saturated carbocycles. The number of aromatic nitrogens is 1. The van der Waals surface area contributed by atoms with E-state index in [-0.39, 0.29) is 12.2 Å². The predicted molar refractivity (Wildman–Crippen MR) is 96.2 cm³/mol. The Kier molecular flexibility index (Phi) is 5.48. The topological polar surface area (TPSA) is 71.5 Å². The molecule has 0 amide bonds. The molecule has 2 aromatic rings. The first-order chi connectivity index (χ1) is 12.0. The standard InChI is InChI=1S/C18H23N3O3S/c1-14-12-21(13-15(2)24-14)25(22,23)20-18(16-8-4-3-5-9-16)17-10-6-7-11-19-17/h3-11,14-15,18,20H,12-13H2,1-2H3/t14-,15-,18-/m1/s1. The zero-order valence-electron chi connectivity index (χ0n) is 14.4. The maximum atomic E-state index is 13.0. The van der Waals surface area contributed by atoms with Crippen LogP contribution in [0.1, 0.15) is 31.1 Å². The van der Waals surface area contributed by atoms with Gasteiger partial charge in [0.1, 0.15) is 0 Å². The third-order valence-corrected chi connectivity index (χ3v) is 5.62. The summed E-state index contributed by atoms with van der Waals surface area (Å²) in [4.78, 5) is 4.34. The van der Waals surface area contributed by atoms with Gasteiger partial charge in [-0.3, -0.25) is 4.98 Å². The van der Waals surface area contributed by atoms with Gasteiger partial charge in [-0.25, -0.2) is 0 Å². The molecule has 6 nitrogen and oxygen atoms in total.